The van der Waals surface area contributed by atoms with Crippen molar-refractivity contribution in [2.45, 2.75) is 6.54 Å². The second-order valence-corrected chi connectivity index (χ2v) is 3.39. The first kappa shape index (κ1) is 11.0. The Morgan fingerprint density at radius 3 is 2.71 bits per heavy atom. The lowest BCUT2D eigenvalue weighted by Gasteiger charge is -1.94. The molecule has 0 radical (unpaired) electrons. The molecule has 0 bridgehead atoms. The van der Waals surface area contributed by atoms with Crippen LogP contribution >= 0.6 is 0 Å². The molecule has 0 spiro atoms. The zero-order valence-corrected chi connectivity index (χ0v) is 9.00. The summed E-state index contributed by atoms with van der Waals surface area (Å²) < 4.78 is 1.72. The molecule has 0 aliphatic heterocycles. The summed E-state index contributed by atoms with van der Waals surface area (Å²) in [5.41, 5.74) is 1.06. The standard InChI is InChI=1S/C13H10N2O2/c16-13(17)12-6-4-11(5-7-12)3-1-9-15-10-2-8-14-15/h2,4-8,10H,9H2,(H,16,17). The summed E-state index contributed by atoms with van der Waals surface area (Å²) in [6.07, 6.45) is 3.53. The van der Waals surface area contributed by atoms with Crippen molar-refractivity contribution in [1.82, 2.24) is 9.78 Å². The molecule has 2 aromatic rings. The molecule has 84 valence electrons. The summed E-state index contributed by atoms with van der Waals surface area (Å²) in [6, 6.07) is 8.31. The Labute approximate surface area is 98.5 Å². The summed E-state index contributed by atoms with van der Waals surface area (Å²) in [4.78, 5) is 10.6. The van der Waals surface area contributed by atoms with Crippen molar-refractivity contribution in [1.29, 1.82) is 0 Å². The van der Waals surface area contributed by atoms with Gasteiger partial charge in [0.2, 0.25) is 0 Å². The summed E-state index contributed by atoms with van der Waals surface area (Å²) in [6.45, 7) is 0.522. The SMILES string of the molecule is O=C(O)c1ccc(C#CCn2cccn2)cc1. The number of carbonyl (C=O) groups is 1. The molecule has 0 atom stereocenters. The van der Waals surface area contributed by atoms with Gasteiger partial charge in [-0.3, -0.25) is 4.68 Å². The number of nitrogens with zero attached hydrogens (tertiary/aromatic N) is 2. The van der Waals surface area contributed by atoms with Gasteiger partial charge in [-0.25, -0.2) is 4.79 Å². The minimum Gasteiger partial charge on any atom is -0.478 e. The molecule has 0 aliphatic carbocycles. The summed E-state index contributed by atoms with van der Waals surface area (Å²) in [5.74, 6) is 4.97. The lowest BCUT2D eigenvalue weighted by atomic mass is 10.1. The fraction of sp³-hybridized carbons (Fsp3) is 0.0769. The number of benzene rings is 1. The van der Waals surface area contributed by atoms with Crippen molar-refractivity contribution >= 4 is 5.97 Å². The predicted octanol–water partition coefficient (Wildman–Crippen LogP) is 1.63. The van der Waals surface area contributed by atoms with Gasteiger partial charge in [-0.2, -0.15) is 5.10 Å². The zero-order valence-electron chi connectivity index (χ0n) is 9.00. The predicted molar refractivity (Wildman–Crippen MR) is 62.5 cm³/mol. The first-order valence-corrected chi connectivity index (χ1v) is 5.05. The maximum absolute atomic E-state index is 10.6. The lowest BCUT2D eigenvalue weighted by Crippen LogP contribution is -1.96. The van der Waals surface area contributed by atoms with Crippen LogP contribution in [0.15, 0.2) is 42.7 Å². The van der Waals surface area contributed by atoms with E-state index in [2.05, 4.69) is 16.9 Å². The van der Waals surface area contributed by atoms with Gasteiger partial charge in [-0.15, -0.1) is 0 Å². The second-order valence-electron chi connectivity index (χ2n) is 3.39. The quantitative estimate of drug-likeness (QED) is 0.792. The second kappa shape index (κ2) is 4.99. The van der Waals surface area contributed by atoms with Crippen LogP contribution in [0.4, 0.5) is 0 Å². The molecule has 1 heterocycles. The highest BCUT2D eigenvalue weighted by Crippen LogP contribution is 2.02. The molecule has 1 aromatic heterocycles. The molecule has 4 heteroatoms. The first-order chi connectivity index (χ1) is 8.25. The Balaban J connectivity index is 2.04. The summed E-state index contributed by atoms with van der Waals surface area (Å²) >= 11 is 0. The van der Waals surface area contributed by atoms with Gasteiger partial charge in [0, 0.05) is 18.0 Å². The van der Waals surface area contributed by atoms with Gasteiger partial charge < -0.3 is 5.11 Å². The Kier molecular flexibility index (Phi) is 3.22. The summed E-state index contributed by atoms with van der Waals surface area (Å²) in [7, 11) is 0. The third kappa shape index (κ3) is 2.95. The molecule has 0 aliphatic rings. The molecule has 4 nitrogen and oxygen atoms in total. The third-order valence-corrected chi connectivity index (χ3v) is 2.16. The van der Waals surface area contributed by atoms with Crippen LogP contribution in [-0.4, -0.2) is 20.9 Å². The average molecular weight is 226 g/mol. The molecular weight excluding hydrogens is 216 g/mol. The van der Waals surface area contributed by atoms with Crippen LogP contribution in [0.3, 0.4) is 0 Å². The highest BCUT2D eigenvalue weighted by atomic mass is 16.4. The number of aromatic nitrogens is 2. The van der Waals surface area contributed by atoms with Crippen LogP contribution < -0.4 is 0 Å². The fourth-order valence-corrected chi connectivity index (χ4v) is 1.31. The molecule has 0 unspecified atom stereocenters. The van der Waals surface area contributed by atoms with Crippen LogP contribution in [-0.2, 0) is 6.54 Å². The van der Waals surface area contributed by atoms with E-state index in [-0.39, 0.29) is 5.56 Å². The van der Waals surface area contributed by atoms with E-state index in [9.17, 15) is 4.79 Å². The number of carboxylic acid groups (broad SMARTS) is 1. The van der Waals surface area contributed by atoms with E-state index in [1.54, 1.807) is 35.1 Å². The third-order valence-electron chi connectivity index (χ3n) is 2.16. The normalized spacial score (nSPS) is 9.41. The monoisotopic (exact) mass is 226 g/mol. The van der Waals surface area contributed by atoms with Crippen molar-refractivity contribution in [2.75, 3.05) is 0 Å². The van der Waals surface area contributed by atoms with E-state index in [0.29, 0.717) is 6.54 Å². The van der Waals surface area contributed by atoms with Gasteiger partial charge in [0.1, 0.15) is 6.54 Å². The Bertz CT molecular complexity index is 560. The van der Waals surface area contributed by atoms with Crippen molar-refractivity contribution in [3.63, 3.8) is 0 Å². The number of hydrogen-bond donors (Lipinski definition) is 1. The first-order valence-electron chi connectivity index (χ1n) is 5.05. The highest BCUT2D eigenvalue weighted by Gasteiger charge is 1.99. The molecule has 0 fully saturated rings. The van der Waals surface area contributed by atoms with Crippen molar-refractivity contribution in [3.05, 3.63) is 53.9 Å². The van der Waals surface area contributed by atoms with E-state index in [4.69, 9.17) is 5.11 Å². The van der Waals surface area contributed by atoms with Gasteiger partial charge in [-0.1, -0.05) is 11.8 Å². The molecule has 0 saturated carbocycles. The maximum Gasteiger partial charge on any atom is 0.335 e. The van der Waals surface area contributed by atoms with E-state index in [0.717, 1.165) is 5.56 Å². The molecule has 0 amide bonds. The Morgan fingerprint density at radius 2 is 2.12 bits per heavy atom. The molecule has 0 saturated heterocycles. The van der Waals surface area contributed by atoms with Crippen LogP contribution in [0.2, 0.25) is 0 Å². The topological polar surface area (TPSA) is 55.1 Å². The lowest BCUT2D eigenvalue weighted by molar-refractivity contribution is 0.0697. The number of aromatic carboxylic acids is 1. The number of carboxylic acids is 1. The van der Waals surface area contributed by atoms with Crippen molar-refractivity contribution in [2.24, 2.45) is 0 Å². The molecule has 1 aromatic carbocycles. The highest BCUT2D eigenvalue weighted by molar-refractivity contribution is 5.87. The summed E-state index contributed by atoms with van der Waals surface area (Å²) in [5, 5.41) is 12.8. The zero-order chi connectivity index (χ0) is 12.1. The number of hydrogen-bond acceptors (Lipinski definition) is 2. The van der Waals surface area contributed by atoms with E-state index in [1.165, 1.54) is 0 Å². The Hall–Kier alpha value is -2.54. The van der Waals surface area contributed by atoms with Gasteiger partial charge in [0.25, 0.3) is 0 Å². The molecular formula is C13H10N2O2. The maximum atomic E-state index is 10.6. The van der Waals surface area contributed by atoms with Gasteiger partial charge in [-0.05, 0) is 30.3 Å². The van der Waals surface area contributed by atoms with Crippen molar-refractivity contribution in [3.8, 4) is 11.8 Å². The van der Waals surface area contributed by atoms with Crippen LogP contribution in [0, 0.1) is 11.8 Å². The minimum atomic E-state index is -0.930. The van der Waals surface area contributed by atoms with E-state index in [1.807, 2.05) is 12.3 Å². The van der Waals surface area contributed by atoms with Gasteiger partial charge in [0.15, 0.2) is 0 Å². The minimum absolute atomic E-state index is 0.266. The average Bonchev–Trinajstić information content (AvgIpc) is 2.83. The van der Waals surface area contributed by atoms with Crippen LogP contribution in [0.25, 0.3) is 0 Å². The molecule has 2 rings (SSSR count). The largest absolute Gasteiger partial charge is 0.478 e. The van der Waals surface area contributed by atoms with Crippen molar-refractivity contribution < 1.29 is 9.90 Å². The van der Waals surface area contributed by atoms with Crippen LogP contribution in [0.1, 0.15) is 15.9 Å². The van der Waals surface area contributed by atoms with Gasteiger partial charge in [0.05, 0.1) is 5.56 Å². The fourth-order valence-electron chi connectivity index (χ4n) is 1.31. The number of rotatable bonds is 2. The van der Waals surface area contributed by atoms with Gasteiger partial charge >= 0.3 is 5.97 Å². The van der Waals surface area contributed by atoms with Crippen LogP contribution in [0.5, 0.6) is 0 Å². The molecule has 1 N–H and O–H groups in total. The van der Waals surface area contributed by atoms with E-state index < -0.39 is 5.97 Å². The smallest absolute Gasteiger partial charge is 0.335 e. The molecule has 17 heavy (non-hydrogen) atoms. The Morgan fingerprint density at radius 1 is 1.35 bits per heavy atom. The van der Waals surface area contributed by atoms with E-state index >= 15 is 0 Å².